The van der Waals surface area contributed by atoms with E-state index >= 15 is 0 Å². The van der Waals surface area contributed by atoms with E-state index in [1.165, 1.54) is 25.4 Å². The minimum atomic E-state index is -4.01. The van der Waals surface area contributed by atoms with Crippen LogP contribution in [0.25, 0.3) is 0 Å². The third kappa shape index (κ3) is 5.40. The van der Waals surface area contributed by atoms with E-state index < -0.39 is 38.8 Å². The fourth-order valence-corrected chi connectivity index (χ4v) is 6.35. The Kier molecular flexibility index (Phi) is 8.13. The van der Waals surface area contributed by atoms with Crippen molar-refractivity contribution in [2.45, 2.75) is 76.8 Å². The van der Waals surface area contributed by atoms with Gasteiger partial charge in [0.15, 0.2) is 16.4 Å². The molecule has 37 heavy (non-hydrogen) atoms. The number of esters is 1. The summed E-state index contributed by atoms with van der Waals surface area (Å²) >= 11 is 0. The number of nitrogens with zero attached hydrogens (tertiary/aromatic N) is 3. The zero-order valence-electron chi connectivity index (χ0n) is 22.3. The molecule has 3 rings (SSSR count). The van der Waals surface area contributed by atoms with Gasteiger partial charge in [0.25, 0.3) is 10.0 Å². The maximum absolute atomic E-state index is 13.8. The van der Waals surface area contributed by atoms with Gasteiger partial charge in [-0.05, 0) is 48.1 Å². The Morgan fingerprint density at radius 2 is 1.78 bits per heavy atom. The van der Waals surface area contributed by atoms with E-state index in [4.69, 9.17) is 10.00 Å². The summed E-state index contributed by atoms with van der Waals surface area (Å²) < 4.78 is 33.4. The Morgan fingerprint density at radius 1 is 1.14 bits per heavy atom. The average molecular weight is 526 g/mol. The monoisotopic (exact) mass is 525 g/mol. The molecule has 2 heterocycles. The van der Waals surface area contributed by atoms with Crippen molar-refractivity contribution in [3.8, 4) is 6.07 Å². The molecule has 0 aliphatic carbocycles. The van der Waals surface area contributed by atoms with Gasteiger partial charge in [0.1, 0.15) is 12.0 Å². The van der Waals surface area contributed by atoms with E-state index in [0.29, 0.717) is 36.9 Å². The highest BCUT2D eigenvalue weighted by Crippen LogP contribution is 2.49. The predicted molar refractivity (Wildman–Crippen MR) is 140 cm³/mol. The van der Waals surface area contributed by atoms with Crippen molar-refractivity contribution in [2.75, 3.05) is 11.4 Å². The molecule has 0 saturated carbocycles. The van der Waals surface area contributed by atoms with Gasteiger partial charge in [-0.1, -0.05) is 59.6 Å². The fraction of sp³-hybridized carbons (Fsp3) is 0.500. The van der Waals surface area contributed by atoms with Crippen LogP contribution in [-0.2, 0) is 24.3 Å². The predicted octanol–water partition coefficient (Wildman–Crippen LogP) is 4.99. The van der Waals surface area contributed by atoms with E-state index in [-0.39, 0.29) is 16.4 Å². The average Bonchev–Trinajstić information content (AvgIpc) is 3.08. The van der Waals surface area contributed by atoms with Gasteiger partial charge in [0, 0.05) is 19.2 Å². The summed E-state index contributed by atoms with van der Waals surface area (Å²) in [6.07, 6.45) is 3.61. The molecule has 8 nitrogen and oxygen atoms in total. The topological polar surface area (TPSA) is 117 Å². The van der Waals surface area contributed by atoms with Gasteiger partial charge in [-0.3, -0.25) is 13.9 Å². The first-order valence-corrected chi connectivity index (χ1v) is 14.0. The highest BCUT2D eigenvalue weighted by molar-refractivity contribution is 7.92. The number of aromatic nitrogens is 1. The largest absolute Gasteiger partial charge is 0.450 e. The summed E-state index contributed by atoms with van der Waals surface area (Å²) in [5.74, 6) is -2.20. The van der Waals surface area contributed by atoms with Crippen LogP contribution in [0, 0.1) is 22.7 Å². The molecular formula is C28H35N3O5S. The first-order chi connectivity index (χ1) is 17.3. The number of ketones is 1. The van der Waals surface area contributed by atoms with Crippen LogP contribution in [0.1, 0.15) is 77.3 Å². The number of Topliss-reactive ketones (excluding diaryl/α,β-unsaturated/α-hetero) is 1. The standard InChI is InChI=1S/C28H35N3O5S/c1-7-14-28(15-8-2)25(32)23(26(33)36-28)24(27(3,4)5)20-10-9-11-21(16-20)31(6)37(34,35)22-13-12-19(17-29)18-30-22/h9-13,16,18,23-24H,7-8,14-15H2,1-6H3. The summed E-state index contributed by atoms with van der Waals surface area (Å²) in [6, 6.07) is 11.5. The molecule has 1 aromatic carbocycles. The Bertz CT molecular complexity index is 1300. The van der Waals surface area contributed by atoms with E-state index in [1.807, 2.05) is 46.8 Å². The lowest BCUT2D eigenvalue weighted by Crippen LogP contribution is -2.40. The van der Waals surface area contributed by atoms with E-state index in [0.717, 1.165) is 4.31 Å². The molecule has 0 spiro atoms. The lowest BCUT2D eigenvalue weighted by molar-refractivity contribution is -0.154. The number of sulfonamides is 1. The molecule has 1 fully saturated rings. The van der Waals surface area contributed by atoms with Crippen LogP contribution in [0.2, 0.25) is 0 Å². The molecule has 2 unspecified atom stereocenters. The third-order valence-electron chi connectivity index (χ3n) is 6.94. The third-order valence-corrected chi connectivity index (χ3v) is 8.64. The van der Waals surface area contributed by atoms with Crippen LogP contribution in [-0.4, -0.2) is 37.8 Å². The van der Waals surface area contributed by atoms with Gasteiger partial charge in [0.2, 0.25) is 0 Å². The second-order valence-corrected chi connectivity index (χ2v) is 12.6. The van der Waals surface area contributed by atoms with Crippen molar-refractivity contribution in [1.29, 1.82) is 5.26 Å². The second kappa shape index (κ2) is 10.6. The normalized spacial score (nSPS) is 18.2. The Labute approximate surface area is 219 Å². The molecule has 0 N–H and O–H groups in total. The zero-order valence-corrected chi connectivity index (χ0v) is 23.1. The highest BCUT2D eigenvalue weighted by atomic mass is 32.2. The SMILES string of the molecule is CCCC1(CCC)OC(=O)C(C(c2cccc(N(C)S(=O)(=O)c3ccc(C#N)cn3)c2)C(C)(C)C)C1=O. The van der Waals surface area contributed by atoms with Gasteiger partial charge in [-0.25, -0.2) is 4.98 Å². The van der Waals surface area contributed by atoms with Crippen molar-refractivity contribution in [2.24, 2.45) is 11.3 Å². The van der Waals surface area contributed by atoms with Gasteiger partial charge in [0.05, 0.1) is 11.3 Å². The molecule has 1 saturated heterocycles. The summed E-state index contributed by atoms with van der Waals surface area (Å²) in [7, 11) is -2.59. The van der Waals surface area contributed by atoms with Crippen LogP contribution in [0.3, 0.4) is 0 Å². The maximum atomic E-state index is 13.8. The zero-order chi connectivity index (χ0) is 27.6. The summed E-state index contributed by atoms with van der Waals surface area (Å²) in [6.45, 7) is 9.83. The number of carbonyl (C=O) groups is 2. The number of cyclic esters (lactones) is 1. The van der Waals surface area contributed by atoms with Crippen molar-refractivity contribution in [3.63, 3.8) is 0 Å². The van der Waals surface area contributed by atoms with E-state index in [2.05, 4.69) is 4.98 Å². The minimum Gasteiger partial charge on any atom is -0.450 e. The van der Waals surface area contributed by atoms with Crippen LogP contribution in [0.4, 0.5) is 5.69 Å². The Balaban J connectivity index is 2.04. The van der Waals surface area contributed by atoms with Crippen LogP contribution in [0.15, 0.2) is 47.6 Å². The second-order valence-electron chi connectivity index (χ2n) is 10.7. The van der Waals surface area contributed by atoms with E-state index in [9.17, 15) is 18.0 Å². The molecule has 1 aromatic heterocycles. The number of anilines is 1. The van der Waals surface area contributed by atoms with Crippen molar-refractivity contribution < 1.29 is 22.7 Å². The van der Waals surface area contributed by atoms with Crippen molar-refractivity contribution in [1.82, 2.24) is 4.98 Å². The summed E-state index contributed by atoms with van der Waals surface area (Å²) in [4.78, 5) is 31.0. The minimum absolute atomic E-state index is 0.186. The van der Waals surface area contributed by atoms with Gasteiger partial charge < -0.3 is 4.74 Å². The van der Waals surface area contributed by atoms with Crippen molar-refractivity contribution >= 4 is 27.5 Å². The van der Waals surface area contributed by atoms with E-state index in [1.54, 1.807) is 18.2 Å². The van der Waals surface area contributed by atoms with Gasteiger partial charge >= 0.3 is 5.97 Å². The van der Waals surface area contributed by atoms with Gasteiger partial charge in [-0.2, -0.15) is 13.7 Å². The summed E-state index contributed by atoms with van der Waals surface area (Å²) in [5.41, 5.74) is -0.303. The first kappa shape index (κ1) is 28.3. The highest BCUT2D eigenvalue weighted by Gasteiger charge is 2.58. The lowest BCUT2D eigenvalue weighted by atomic mass is 9.66. The van der Waals surface area contributed by atoms with Crippen LogP contribution < -0.4 is 4.31 Å². The lowest BCUT2D eigenvalue weighted by Gasteiger charge is -2.34. The smallest absolute Gasteiger partial charge is 0.318 e. The molecule has 1 aliphatic heterocycles. The summed E-state index contributed by atoms with van der Waals surface area (Å²) in [5, 5.41) is 8.79. The molecular weight excluding hydrogens is 490 g/mol. The van der Waals surface area contributed by atoms with Gasteiger partial charge in [-0.15, -0.1) is 0 Å². The number of nitriles is 1. The number of hydrogen-bond acceptors (Lipinski definition) is 7. The Morgan fingerprint density at radius 3 is 2.30 bits per heavy atom. The molecule has 0 radical (unpaired) electrons. The number of benzene rings is 1. The molecule has 0 bridgehead atoms. The Hall–Kier alpha value is -3.25. The maximum Gasteiger partial charge on any atom is 0.318 e. The number of ether oxygens (including phenoxy) is 1. The molecule has 2 atom stereocenters. The van der Waals surface area contributed by atoms with Crippen LogP contribution >= 0.6 is 0 Å². The number of hydrogen-bond donors (Lipinski definition) is 0. The molecule has 198 valence electrons. The van der Waals surface area contributed by atoms with Crippen LogP contribution in [0.5, 0.6) is 0 Å². The van der Waals surface area contributed by atoms with Crippen molar-refractivity contribution in [3.05, 3.63) is 53.7 Å². The first-order valence-electron chi connectivity index (χ1n) is 12.5. The fourth-order valence-electron chi connectivity index (χ4n) is 5.25. The number of carbonyl (C=O) groups excluding carboxylic acids is 2. The molecule has 9 heteroatoms. The molecule has 1 aliphatic rings. The number of rotatable bonds is 9. The molecule has 2 aromatic rings. The number of pyridine rings is 1. The quantitative estimate of drug-likeness (QED) is 0.334. The molecule has 0 amide bonds.